The monoisotopic (exact) mass is 215 g/mol. The lowest BCUT2D eigenvalue weighted by atomic mass is 9.95. The number of esters is 1. The van der Waals surface area contributed by atoms with Gasteiger partial charge in [-0.05, 0) is 39.5 Å². The molecule has 3 heteroatoms. The largest absolute Gasteiger partial charge is 0.461 e. The van der Waals surface area contributed by atoms with Crippen molar-refractivity contribution in [1.82, 2.24) is 0 Å². The minimum absolute atomic E-state index is 0.0368. The molecule has 0 aromatic rings. The summed E-state index contributed by atoms with van der Waals surface area (Å²) in [5, 5.41) is 0. The van der Waals surface area contributed by atoms with Crippen LogP contribution in [0.3, 0.4) is 0 Å². The zero-order chi connectivity index (χ0) is 12.1. The van der Waals surface area contributed by atoms with Crippen molar-refractivity contribution in [3.05, 3.63) is 0 Å². The lowest BCUT2D eigenvalue weighted by molar-refractivity contribution is -0.156. The summed E-state index contributed by atoms with van der Waals surface area (Å²) in [5.41, 5.74) is 4.78. The summed E-state index contributed by atoms with van der Waals surface area (Å²) in [6, 6.07) is 0. The molecular weight excluding hydrogens is 190 g/mol. The fourth-order valence-corrected chi connectivity index (χ4v) is 1.56. The van der Waals surface area contributed by atoms with Gasteiger partial charge >= 0.3 is 5.97 Å². The van der Waals surface area contributed by atoms with E-state index in [1.165, 1.54) is 0 Å². The Balaban J connectivity index is 4.21. The van der Waals surface area contributed by atoms with Gasteiger partial charge in [0.2, 0.25) is 0 Å². The molecule has 0 saturated heterocycles. The lowest BCUT2D eigenvalue weighted by Gasteiger charge is -2.26. The van der Waals surface area contributed by atoms with Crippen LogP contribution in [-0.4, -0.2) is 17.6 Å². The summed E-state index contributed by atoms with van der Waals surface area (Å²) in [4.78, 5) is 11.6. The maximum absolute atomic E-state index is 11.6. The summed E-state index contributed by atoms with van der Waals surface area (Å²) in [7, 11) is 0. The number of carbonyl (C=O) groups is 1. The normalized spacial score (nSPS) is 15.9. The van der Waals surface area contributed by atoms with Gasteiger partial charge in [0, 0.05) is 0 Å². The molecule has 2 unspecified atom stereocenters. The number of carbonyl (C=O) groups excluding carboxylic acids is 1. The Morgan fingerprint density at radius 2 is 1.93 bits per heavy atom. The lowest BCUT2D eigenvalue weighted by Crippen LogP contribution is -2.44. The molecule has 90 valence electrons. The van der Waals surface area contributed by atoms with Gasteiger partial charge in [0.05, 0.1) is 0 Å². The number of hydrogen-bond acceptors (Lipinski definition) is 3. The highest BCUT2D eigenvalue weighted by Crippen LogP contribution is 2.19. The fourth-order valence-electron chi connectivity index (χ4n) is 1.56. The van der Waals surface area contributed by atoms with Crippen LogP contribution >= 0.6 is 0 Å². The third kappa shape index (κ3) is 5.17. The van der Waals surface area contributed by atoms with Crippen LogP contribution in [0.2, 0.25) is 0 Å². The molecule has 0 rings (SSSR count). The second-order valence-corrected chi connectivity index (χ2v) is 4.79. The molecule has 0 spiro atoms. The van der Waals surface area contributed by atoms with E-state index in [0.717, 1.165) is 19.3 Å². The molecule has 0 heterocycles. The number of ether oxygens (including phenoxy) is 1. The van der Waals surface area contributed by atoms with Crippen molar-refractivity contribution in [2.75, 3.05) is 0 Å². The molecule has 0 bridgehead atoms. The first-order valence-electron chi connectivity index (χ1n) is 5.82. The van der Waals surface area contributed by atoms with Crippen molar-refractivity contribution < 1.29 is 9.53 Å². The quantitative estimate of drug-likeness (QED) is 0.692. The number of rotatable bonds is 6. The summed E-state index contributed by atoms with van der Waals surface area (Å²) >= 11 is 0. The molecule has 0 fully saturated rings. The van der Waals surface area contributed by atoms with Gasteiger partial charge in [-0.1, -0.05) is 20.3 Å². The minimum atomic E-state index is -0.890. The molecule has 0 aromatic carbocycles. The molecule has 0 aromatic heterocycles. The molecule has 0 aliphatic carbocycles. The molecule has 0 aliphatic heterocycles. The Morgan fingerprint density at radius 1 is 1.40 bits per heavy atom. The summed E-state index contributed by atoms with van der Waals surface area (Å²) < 4.78 is 5.36. The Morgan fingerprint density at radius 3 is 2.27 bits per heavy atom. The van der Waals surface area contributed by atoms with Crippen LogP contribution in [-0.2, 0) is 9.53 Å². The standard InChI is InChI=1S/C12H25NO2/c1-6-8-10(7-2)9(3)15-11(14)12(4,5)13/h9-10H,6-8,13H2,1-5H3. The topological polar surface area (TPSA) is 52.3 Å². The second kappa shape index (κ2) is 6.11. The summed E-state index contributed by atoms with van der Waals surface area (Å²) in [5.74, 6) is 0.130. The predicted molar refractivity (Wildman–Crippen MR) is 62.5 cm³/mol. The van der Waals surface area contributed by atoms with E-state index in [1.54, 1.807) is 13.8 Å². The molecule has 0 aliphatic rings. The Labute approximate surface area is 93.4 Å². The molecule has 3 nitrogen and oxygen atoms in total. The third-order valence-electron chi connectivity index (χ3n) is 2.67. The van der Waals surface area contributed by atoms with Crippen molar-refractivity contribution in [2.24, 2.45) is 11.7 Å². The summed E-state index contributed by atoms with van der Waals surface area (Å²) in [6.07, 6.45) is 3.21. The molecular formula is C12H25NO2. The van der Waals surface area contributed by atoms with Crippen molar-refractivity contribution in [3.63, 3.8) is 0 Å². The Kier molecular flexibility index (Phi) is 5.88. The van der Waals surface area contributed by atoms with Crippen LogP contribution in [0.4, 0.5) is 0 Å². The predicted octanol–water partition coefficient (Wildman–Crippen LogP) is 2.48. The first kappa shape index (κ1) is 14.4. The average molecular weight is 215 g/mol. The first-order chi connectivity index (χ1) is 6.82. The Hall–Kier alpha value is -0.570. The van der Waals surface area contributed by atoms with Crippen LogP contribution < -0.4 is 5.73 Å². The smallest absolute Gasteiger partial charge is 0.325 e. The van der Waals surface area contributed by atoms with Gasteiger partial charge in [-0.15, -0.1) is 0 Å². The Bertz CT molecular complexity index is 196. The second-order valence-electron chi connectivity index (χ2n) is 4.79. The highest BCUT2D eigenvalue weighted by Gasteiger charge is 2.27. The number of nitrogens with two attached hydrogens (primary N) is 1. The van der Waals surface area contributed by atoms with Gasteiger partial charge in [-0.2, -0.15) is 0 Å². The molecule has 2 atom stereocenters. The van der Waals surface area contributed by atoms with Crippen LogP contribution in [0.5, 0.6) is 0 Å². The molecule has 2 N–H and O–H groups in total. The van der Waals surface area contributed by atoms with E-state index < -0.39 is 5.54 Å². The molecule has 15 heavy (non-hydrogen) atoms. The van der Waals surface area contributed by atoms with Crippen molar-refractivity contribution in [2.45, 2.75) is 65.5 Å². The van der Waals surface area contributed by atoms with Gasteiger partial charge in [-0.25, -0.2) is 0 Å². The van der Waals surface area contributed by atoms with E-state index in [0.29, 0.717) is 5.92 Å². The van der Waals surface area contributed by atoms with Crippen molar-refractivity contribution in [3.8, 4) is 0 Å². The first-order valence-corrected chi connectivity index (χ1v) is 5.82. The van der Waals surface area contributed by atoms with Crippen LogP contribution in [0.15, 0.2) is 0 Å². The van der Waals surface area contributed by atoms with Crippen molar-refractivity contribution >= 4 is 5.97 Å². The minimum Gasteiger partial charge on any atom is -0.461 e. The maximum atomic E-state index is 11.6. The van der Waals surface area contributed by atoms with E-state index in [2.05, 4.69) is 13.8 Å². The van der Waals surface area contributed by atoms with Gasteiger partial charge in [-0.3, -0.25) is 4.79 Å². The van der Waals surface area contributed by atoms with Crippen molar-refractivity contribution in [1.29, 1.82) is 0 Å². The SMILES string of the molecule is CCCC(CC)C(C)OC(=O)C(C)(C)N. The third-order valence-corrected chi connectivity index (χ3v) is 2.67. The molecule has 0 saturated carbocycles. The van der Waals surface area contributed by atoms with E-state index in [1.807, 2.05) is 6.92 Å². The average Bonchev–Trinajstić information content (AvgIpc) is 2.12. The fraction of sp³-hybridized carbons (Fsp3) is 0.917. The van der Waals surface area contributed by atoms with Gasteiger partial charge in [0.15, 0.2) is 0 Å². The van der Waals surface area contributed by atoms with Gasteiger partial charge < -0.3 is 10.5 Å². The number of hydrogen-bond donors (Lipinski definition) is 1. The van der Waals surface area contributed by atoms with Gasteiger partial charge in [0.25, 0.3) is 0 Å². The van der Waals surface area contributed by atoms with Crippen LogP contribution in [0, 0.1) is 5.92 Å². The molecule has 0 radical (unpaired) electrons. The highest BCUT2D eigenvalue weighted by atomic mass is 16.5. The van der Waals surface area contributed by atoms with E-state index >= 15 is 0 Å². The summed E-state index contributed by atoms with van der Waals surface area (Å²) in [6.45, 7) is 9.56. The molecule has 0 amide bonds. The van der Waals surface area contributed by atoms with Crippen LogP contribution in [0.1, 0.15) is 53.9 Å². The van der Waals surface area contributed by atoms with E-state index in [9.17, 15) is 4.79 Å². The van der Waals surface area contributed by atoms with E-state index in [-0.39, 0.29) is 12.1 Å². The zero-order valence-corrected chi connectivity index (χ0v) is 10.7. The maximum Gasteiger partial charge on any atom is 0.325 e. The van der Waals surface area contributed by atoms with Crippen LogP contribution in [0.25, 0.3) is 0 Å². The highest BCUT2D eigenvalue weighted by molar-refractivity contribution is 5.79. The van der Waals surface area contributed by atoms with E-state index in [4.69, 9.17) is 10.5 Å². The zero-order valence-electron chi connectivity index (χ0n) is 10.7. The van der Waals surface area contributed by atoms with Gasteiger partial charge in [0.1, 0.15) is 11.6 Å².